The number of halogens is 1. The largest absolute Gasteiger partial charge is 0.481 e. The summed E-state index contributed by atoms with van der Waals surface area (Å²) in [4.78, 5) is 2.76. The highest BCUT2D eigenvalue weighted by atomic mass is 79.9. The second-order valence-electron chi connectivity index (χ2n) is 7.12. The van der Waals surface area contributed by atoms with Crippen molar-refractivity contribution in [3.05, 3.63) is 26.9 Å². The van der Waals surface area contributed by atoms with E-state index in [-0.39, 0.29) is 5.60 Å². The lowest BCUT2D eigenvalue weighted by Crippen LogP contribution is -2.35. The van der Waals surface area contributed by atoms with Crippen molar-refractivity contribution in [1.29, 1.82) is 0 Å². The van der Waals surface area contributed by atoms with Crippen LogP contribution in [0.3, 0.4) is 0 Å². The number of fused-ring (bicyclic) bond motifs is 3. The van der Waals surface area contributed by atoms with Crippen LogP contribution in [-0.2, 0) is 5.60 Å². The van der Waals surface area contributed by atoms with Gasteiger partial charge in [-0.25, -0.2) is 0 Å². The van der Waals surface area contributed by atoms with Crippen LogP contribution >= 0.6 is 38.6 Å². The normalized spacial score (nSPS) is 14.8. The SMILES string of the molecule is CCCCCCC1(CCCCCC)Oc2ccsc2-c2sc(Br)cc21. The lowest BCUT2D eigenvalue weighted by Gasteiger charge is -2.38. The minimum Gasteiger partial charge on any atom is -0.481 e. The Kier molecular flexibility index (Phi) is 7.04. The van der Waals surface area contributed by atoms with E-state index in [9.17, 15) is 0 Å². The highest BCUT2D eigenvalue weighted by Gasteiger charge is 2.42. The van der Waals surface area contributed by atoms with Gasteiger partial charge < -0.3 is 4.74 Å². The maximum absolute atomic E-state index is 6.76. The van der Waals surface area contributed by atoms with Gasteiger partial charge in [0, 0.05) is 5.56 Å². The fourth-order valence-electron chi connectivity index (χ4n) is 3.85. The Bertz CT molecular complexity index is 661. The molecule has 0 amide bonds. The molecular formula is C21H29BrOS2. The quantitative estimate of drug-likeness (QED) is 0.335. The van der Waals surface area contributed by atoms with Crippen molar-refractivity contribution in [2.75, 3.05) is 0 Å². The Labute approximate surface area is 168 Å². The molecule has 1 aliphatic heterocycles. The Balaban J connectivity index is 1.87. The summed E-state index contributed by atoms with van der Waals surface area (Å²) in [5.41, 5.74) is 1.32. The first kappa shape index (κ1) is 19.4. The molecule has 0 radical (unpaired) electrons. The monoisotopic (exact) mass is 440 g/mol. The zero-order valence-corrected chi connectivity index (χ0v) is 18.6. The molecular weight excluding hydrogens is 412 g/mol. The van der Waals surface area contributed by atoms with Crippen molar-refractivity contribution in [3.63, 3.8) is 0 Å². The Morgan fingerprint density at radius 2 is 1.64 bits per heavy atom. The molecule has 3 heterocycles. The summed E-state index contributed by atoms with van der Waals surface area (Å²) in [6.45, 7) is 4.56. The Morgan fingerprint density at radius 1 is 0.960 bits per heavy atom. The van der Waals surface area contributed by atoms with Crippen LogP contribution in [0.5, 0.6) is 5.75 Å². The zero-order valence-electron chi connectivity index (χ0n) is 15.4. The summed E-state index contributed by atoms with van der Waals surface area (Å²) >= 11 is 7.42. The number of hydrogen-bond donors (Lipinski definition) is 0. The molecule has 0 N–H and O–H groups in total. The minimum absolute atomic E-state index is 0.118. The molecule has 3 rings (SSSR count). The third-order valence-electron chi connectivity index (χ3n) is 5.20. The Hall–Kier alpha value is -0.320. The predicted molar refractivity (Wildman–Crippen MR) is 115 cm³/mol. The molecule has 4 heteroatoms. The van der Waals surface area contributed by atoms with E-state index in [0.29, 0.717) is 0 Å². The number of ether oxygens (including phenoxy) is 1. The molecule has 1 aliphatic rings. The minimum atomic E-state index is -0.118. The van der Waals surface area contributed by atoms with Gasteiger partial charge in [0.15, 0.2) is 0 Å². The molecule has 0 fully saturated rings. The highest BCUT2D eigenvalue weighted by molar-refractivity contribution is 9.11. The second-order valence-corrected chi connectivity index (χ2v) is 10.5. The third-order valence-corrected chi connectivity index (χ3v) is 7.90. The first-order valence-electron chi connectivity index (χ1n) is 9.77. The van der Waals surface area contributed by atoms with Crippen molar-refractivity contribution < 1.29 is 4.74 Å². The van der Waals surface area contributed by atoms with Gasteiger partial charge in [-0.3, -0.25) is 0 Å². The molecule has 2 aromatic heterocycles. The predicted octanol–water partition coefficient (Wildman–Crippen LogP) is 8.77. The Morgan fingerprint density at radius 3 is 2.28 bits per heavy atom. The van der Waals surface area contributed by atoms with Crippen molar-refractivity contribution in [2.45, 2.75) is 83.7 Å². The van der Waals surface area contributed by atoms with Gasteiger partial charge in [-0.15, -0.1) is 22.7 Å². The van der Waals surface area contributed by atoms with Gasteiger partial charge in [0.05, 0.1) is 13.5 Å². The van der Waals surface area contributed by atoms with Crippen LogP contribution in [0.15, 0.2) is 21.3 Å². The van der Waals surface area contributed by atoms with E-state index in [1.165, 1.54) is 70.5 Å². The topological polar surface area (TPSA) is 9.23 Å². The van der Waals surface area contributed by atoms with Crippen LogP contribution in [0.4, 0.5) is 0 Å². The van der Waals surface area contributed by atoms with Crippen LogP contribution in [-0.4, -0.2) is 0 Å². The molecule has 0 aromatic carbocycles. The van der Waals surface area contributed by atoms with Crippen molar-refractivity contribution in [1.82, 2.24) is 0 Å². The van der Waals surface area contributed by atoms with E-state index in [2.05, 4.69) is 47.3 Å². The summed E-state index contributed by atoms with van der Waals surface area (Å²) in [5, 5.41) is 2.17. The fraction of sp³-hybridized carbons (Fsp3) is 0.619. The van der Waals surface area contributed by atoms with Crippen LogP contribution < -0.4 is 4.74 Å². The van der Waals surface area contributed by atoms with E-state index >= 15 is 0 Å². The molecule has 0 spiro atoms. The van der Waals surface area contributed by atoms with Gasteiger partial charge >= 0.3 is 0 Å². The van der Waals surface area contributed by atoms with E-state index in [0.717, 1.165) is 18.6 Å². The first-order valence-corrected chi connectivity index (χ1v) is 12.3. The summed E-state index contributed by atoms with van der Waals surface area (Å²) in [6, 6.07) is 4.51. The molecule has 25 heavy (non-hydrogen) atoms. The number of thiophene rings is 2. The van der Waals surface area contributed by atoms with Crippen molar-refractivity contribution in [2.24, 2.45) is 0 Å². The molecule has 0 atom stereocenters. The van der Waals surface area contributed by atoms with Gasteiger partial charge in [0.2, 0.25) is 0 Å². The zero-order chi connectivity index (χ0) is 17.7. The lowest BCUT2D eigenvalue weighted by molar-refractivity contribution is 0.0398. The average Bonchev–Trinajstić information content (AvgIpc) is 3.21. The molecule has 2 aromatic rings. The van der Waals surface area contributed by atoms with E-state index in [1.807, 2.05) is 22.7 Å². The molecule has 0 saturated carbocycles. The van der Waals surface area contributed by atoms with Crippen LogP contribution in [0.2, 0.25) is 0 Å². The first-order chi connectivity index (χ1) is 12.2. The lowest BCUT2D eigenvalue weighted by atomic mass is 9.82. The van der Waals surface area contributed by atoms with Crippen LogP contribution in [0, 0.1) is 0 Å². The van der Waals surface area contributed by atoms with Crippen molar-refractivity contribution in [3.8, 4) is 15.5 Å². The maximum atomic E-state index is 6.76. The third kappa shape index (κ3) is 4.33. The smallest absolute Gasteiger partial charge is 0.140 e. The van der Waals surface area contributed by atoms with Gasteiger partial charge in [0.25, 0.3) is 0 Å². The number of rotatable bonds is 10. The van der Waals surface area contributed by atoms with Gasteiger partial charge in [-0.1, -0.05) is 52.4 Å². The molecule has 0 saturated heterocycles. The fourth-order valence-corrected chi connectivity index (χ4v) is 6.52. The molecule has 0 unspecified atom stereocenters. The molecule has 0 bridgehead atoms. The summed E-state index contributed by atoms with van der Waals surface area (Å²) in [5.74, 6) is 1.11. The summed E-state index contributed by atoms with van der Waals surface area (Å²) in [6.07, 6.45) is 12.7. The van der Waals surface area contributed by atoms with Crippen molar-refractivity contribution >= 4 is 38.6 Å². The van der Waals surface area contributed by atoms with Gasteiger partial charge in [-0.05, 0) is 59.1 Å². The van der Waals surface area contributed by atoms with Crippen LogP contribution in [0.1, 0.15) is 83.6 Å². The second kappa shape index (κ2) is 9.05. The molecule has 1 nitrogen and oxygen atoms in total. The van der Waals surface area contributed by atoms with E-state index < -0.39 is 0 Å². The summed E-state index contributed by atoms with van der Waals surface area (Å²) < 4.78 is 7.99. The number of unbranched alkanes of at least 4 members (excludes halogenated alkanes) is 6. The van der Waals surface area contributed by atoms with Gasteiger partial charge in [-0.2, -0.15) is 0 Å². The average molecular weight is 442 g/mol. The van der Waals surface area contributed by atoms with Gasteiger partial charge in [0.1, 0.15) is 11.4 Å². The maximum Gasteiger partial charge on any atom is 0.140 e. The molecule has 0 aliphatic carbocycles. The summed E-state index contributed by atoms with van der Waals surface area (Å²) in [7, 11) is 0. The number of hydrogen-bond acceptors (Lipinski definition) is 3. The highest BCUT2D eigenvalue weighted by Crippen LogP contribution is 2.55. The van der Waals surface area contributed by atoms with E-state index in [4.69, 9.17) is 4.74 Å². The van der Waals surface area contributed by atoms with Crippen LogP contribution in [0.25, 0.3) is 9.75 Å². The molecule has 138 valence electrons. The standard InChI is InChI=1S/C21H29BrOS2/c1-3-5-7-9-12-21(13-10-8-6-4-2)16-15-18(22)25-19(16)20-17(23-21)11-14-24-20/h11,14-15H,3-10,12-13H2,1-2H3. The van der Waals surface area contributed by atoms with E-state index in [1.54, 1.807) is 0 Å².